The number of carbonyl (C=O) groups excluding carboxylic acids is 2. The molecule has 2 N–H and O–H groups in total. The second kappa shape index (κ2) is 9.84. The van der Waals surface area contributed by atoms with Crippen LogP contribution in [-0.4, -0.2) is 17.0 Å². The Labute approximate surface area is 178 Å². The summed E-state index contributed by atoms with van der Waals surface area (Å²) in [7, 11) is 0. The summed E-state index contributed by atoms with van der Waals surface area (Å²) in [5, 5.41) is 6.03. The summed E-state index contributed by atoms with van der Waals surface area (Å²) >= 11 is 5.82. The van der Waals surface area contributed by atoms with Crippen molar-refractivity contribution in [3.05, 3.63) is 94.5 Å². The molecule has 3 aromatic rings. The first-order chi connectivity index (χ1) is 14.4. The van der Waals surface area contributed by atoms with E-state index in [4.69, 9.17) is 16.3 Å². The highest BCUT2D eigenvalue weighted by Gasteiger charge is 2.13. The Morgan fingerprint density at radius 3 is 2.47 bits per heavy atom. The summed E-state index contributed by atoms with van der Waals surface area (Å²) in [6.07, 6.45) is 1.75. The van der Waals surface area contributed by atoms with Crippen molar-refractivity contribution in [2.45, 2.75) is 19.6 Å². The van der Waals surface area contributed by atoms with Crippen LogP contribution in [0.15, 0.2) is 67.0 Å². The average Bonchev–Trinajstić information content (AvgIpc) is 2.74. The van der Waals surface area contributed by atoms with Crippen LogP contribution in [0.4, 0.5) is 14.9 Å². The highest BCUT2D eigenvalue weighted by Crippen LogP contribution is 2.17. The predicted octanol–water partition coefficient (Wildman–Crippen LogP) is 5.11. The van der Waals surface area contributed by atoms with Crippen LogP contribution in [0.25, 0.3) is 0 Å². The van der Waals surface area contributed by atoms with Crippen LogP contribution < -0.4 is 10.6 Å². The van der Waals surface area contributed by atoms with Crippen LogP contribution >= 0.6 is 11.6 Å². The van der Waals surface area contributed by atoms with Gasteiger partial charge in [0, 0.05) is 16.9 Å². The van der Waals surface area contributed by atoms with Crippen LogP contribution in [0.1, 0.15) is 34.5 Å². The Balaban J connectivity index is 1.51. The van der Waals surface area contributed by atoms with Gasteiger partial charge in [0.15, 0.2) is 0 Å². The molecule has 0 saturated heterocycles. The molecule has 0 bridgehead atoms. The zero-order valence-corrected chi connectivity index (χ0v) is 16.8. The molecule has 2 amide bonds. The third kappa shape index (κ3) is 6.02. The fourth-order valence-corrected chi connectivity index (χ4v) is 2.76. The fourth-order valence-electron chi connectivity index (χ4n) is 2.64. The summed E-state index contributed by atoms with van der Waals surface area (Å²) in [5.41, 5.74) is 2.33. The monoisotopic (exact) mass is 427 g/mol. The first-order valence-electron chi connectivity index (χ1n) is 9.10. The van der Waals surface area contributed by atoms with Crippen LogP contribution in [0.5, 0.6) is 0 Å². The van der Waals surface area contributed by atoms with E-state index >= 15 is 0 Å². The standard InChI is InChI=1S/C22H19ClFN3O3/c1-14(26-21(28)17-10-19(24)12-25-11-17)16-4-8-20(9-5-16)27-22(29)30-13-15-2-6-18(23)7-3-15/h2-12,14H,13H2,1H3,(H,26,28)(H,27,29)/t14-/m0/s1. The molecular formula is C22H19ClFN3O3. The second-order valence-corrected chi connectivity index (χ2v) is 6.97. The Morgan fingerprint density at radius 2 is 1.80 bits per heavy atom. The van der Waals surface area contributed by atoms with Gasteiger partial charge in [0.1, 0.15) is 12.4 Å². The van der Waals surface area contributed by atoms with E-state index in [1.807, 2.05) is 0 Å². The van der Waals surface area contributed by atoms with Gasteiger partial charge in [0.25, 0.3) is 5.91 Å². The molecule has 1 atom stereocenters. The molecule has 0 aliphatic rings. The van der Waals surface area contributed by atoms with E-state index in [1.165, 1.54) is 6.20 Å². The number of benzene rings is 2. The van der Waals surface area contributed by atoms with Crippen molar-refractivity contribution in [1.29, 1.82) is 0 Å². The normalized spacial score (nSPS) is 11.4. The molecule has 8 heteroatoms. The van der Waals surface area contributed by atoms with Gasteiger partial charge in [-0.1, -0.05) is 35.9 Å². The number of pyridine rings is 1. The maximum Gasteiger partial charge on any atom is 0.411 e. The molecule has 6 nitrogen and oxygen atoms in total. The van der Waals surface area contributed by atoms with Gasteiger partial charge in [-0.2, -0.15) is 0 Å². The summed E-state index contributed by atoms with van der Waals surface area (Å²) in [6, 6.07) is 14.7. The number of anilines is 1. The Morgan fingerprint density at radius 1 is 1.10 bits per heavy atom. The van der Waals surface area contributed by atoms with Crippen molar-refractivity contribution < 1.29 is 18.7 Å². The third-order valence-corrected chi connectivity index (χ3v) is 4.51. The van der Waals surface area contributed by atoms with Gasteiger partial charge in [-0.15, -0.1) is 0 Å². The molecule has 30 heavy (non-hydrogen) atoms. The quantitative estimate of drug-likeness (QED) is 0.572. The minimum atomic E-state index is -0.586. The van der Waals surface area contributed by atoms with Crippen LogP contribution in [0, 0.1) is 5.82 Å². The summed E-state index contributed by atoms with van der Waals surface area (Å²) in [6.45, 7) is 1.92. The Kier molecular flexibility index (Phi) is 6.98. The molecule has 0 unspecified atom stereocenters. The summed E-state index contributed by atoms with van der Waals surface area (Å²) in [4.78, 5) is 27.8. The summed E-state index contributed by atoms with van der Waals surface area (Å²) in [5.74, 6) is -1.00. The zero-order chi connectivity index (χ0) is 21.5. The topological polar surface area (TPSA) is 80.3 Å². The van der Waals surface area contributed by atoms with Crippen molar-refractivity contribution >= 4 is 29.3 Å². The van der Waals surface area contributed by atoms with Gasteiger partial charge >= 0.3 is 6.09 Å². The lowest BCUT2D eigenvalue weighted by atomic mass is 10.1. The number of carbonyl (C=O) groups is 2. The smallest absolute Gasteiger partial charge is 0.411 e. The van der Waals surface area contributed by atoms with E-state index in [1.54, 1.807) is 55.5 Å². The molecule has 0 saturated carbocycles. The molecule has 1 aromatic heterocycles. The average molecular weight is 428 g/mol. The van der Waals surface area contributed by atoms with Crippen molar-refractivity contribution in [3.8, 4) is 0 Å². The van der Waals surface area contributed by atoms with Gasteiger partial charge in [-0.05, 0) is 48.4 Å². The second-order valence-electron chi connectivity index (χ2n) is 6.54. The molecule has 1 heterocycles. The number of amides is 2. The molecule has 0 spiro atoms. The van der Waals surface area contributed by atoms with E-state index in [0.717, 1.165) is 23.4 Å². The SMILES string of the molecule is C[C@H](NC(=O)c1cncc(F)c1)c1ccc(NC(=O)OCc2ccc(Cl)cc2)cc1. The number of rotatable bonds is 6. The Bertz CT molecular complexity index is 1030. The highest BCUT2D eigenvalue weighted by molar-refractivity contribution is 6.30. The van der Waals surface area contributed by atoms with Gasteiger partial charge in [0.05, 0.1) is 17.8 Å². The van der Waals surface area contributed by atoms with E-state index in [0.29, 0.717) is 10.7 Å². The molecule has 2 aromatic carbocycles. The van der Waals surface area contributed by atoms with E-state index in [9.17, 15) is 14.0 Å². The van der Waals surface area contributed by atoms with Crippen molar-refractivity contribution in [1.82, 2.24) is 10.3 Å². The number of aromatic nitrogens is 1. The van der Waals surface area contributed by atoms with Crippen LogP contribution in [-0.2, 0) is 11.3 Å². The van der Waals surface area contributed by atoms with E-state index in [-0.39, 0.29) is 18.2 Å². The number of halogens is 2. The number of ether oxygens (including phenoxy) is 1. The minimum Gasteiger partial charge on any atom is -0.444 e. The fraction of sp³-hybridized carbons (Fsp3) is 0.136. The maximum atomic E-state index is 13.2. The highest BCUT2D eigenvalue weighted by atomic mass is 35.5. The van der Waals surface area contributed by atoms with Gasteiger partial charge in [-0.25, -0.2) is 9.18 Å². The zero-order valence-electron chi connectivity index (χ0n) is 16.1. The number of hydrogen-bond acceptors (Lipinski definition) is 4. The number of nitrogens with zero attached hydrogens (tertiary/aromatic N) is 1. The van der Waals surface area contributed by atoms with Crippen molar-refractivity contribution in [3.63, 3.8) is 0 Å². The largest absolute Gasteiger partial charge is 0.444 e. The van der Waals surface area contributed by atoms with Gasteiger partial charge in [0.2, 0.25) is 0 Å². The summed E-state index contributed by atoms with van der Waals surface area (Å²) < 4.78 is 18.4. The maximum absolute atomic E-state index is 13.2. The number of hydrogen-bond donors (Lipinski definition) is 2. The molecule has 3 rings (SSSR count). The minimum absolute atomic E-state index is 0.124. The van der Waals surface area contributed by atoms with Gasteiger partial charge < -0.3 is 10.1 Å². The predicted molar refractivity (Wildman–Crippen MR) is 112 cm³/mol. The van der Waals surface area contributed by atoms with E-state index in [2.05, 4.69) is 15.6 Å². The van der Waals surface area contributed by atoms with E-state index < -0.39 is 17.8 Å². The molecule has 0 aliphatic carbocycles. The number of nitrogens with one attached hydrogen (secondary N) is 2. The van der Waals surface area contributed by atoms with Crippen LogP contribution in [0.2, 0.25) is 5.02 Å². The first-order valence-corrected chi connectivity index (χ1v) is 9.48. The molecule has 0 radical (unpaired) electrons. The van der Waals surface area contributed by atoms with Gasteiger partial charge in [-0.3, -0.25) is 15.1 Å². The molecular weight excluding hydrogens is 409 g/mol. The molecule has 0 fully saturated rings. The Hall–Kier alpha value is -3.45. The third-order valence-electron chi connectivity index (χ3n) is 4.25. The lowest BCUT2D eigenvalue weighted by molar-refractivity contribution is 0.0939. The lowest BCUT2D eigenvalue weighted by Crippen LogP contribution is -2.26. The first kappa shape index (κ1) is 21.3. The van der Waals surface area contributed by atoms with Crippen LogP contribution in [0.3, 0.4) is 0 Å². The molecule has 154 valence electrons. The lowest BCUT2D eigenvalue weighted by Gasteiger charge is -2.15. The molecule has 0 aliphatic heterocycles. The van der Waals surface area contributed by atoms with Crippen molar-refractivity contribution in [2.75, 3.05) is 5.32 Å². The van der Waals surface area contributed by atoms with Crippen molar-refractivity contribution in [2.24, 2.45) is 0 Å².